The van der Waals surface area contributed by atoms with Crippen LogP contribution in [0.3, 0.4) is 0 Å². The highest BCUT2D eigenvalue weighted by molar-refractivity contribution is 5.75. The smallest absolute Gasteiger partial charge is 0.317 e. The molecule has 1 unspecified atom stereocenters. The number of hydrogen-bond donors (Lipinski definition) is 2. The molecule has 5 heteroatoms. The molecule has 2 aliphatic rings. The number of rotatable bonds is 2. The average molecular weight is 254 g/mol. The Labute approximate surface area is 108 Å². The number of hydrogen-bond acceptors (Lipinski definition) is 2. The first kappa shape index (κ1) is 13.2. The molecule has 2 rings (SSSR count). The van der Waals surface area contributed by atoms with Gasteiger partial charge < -0.3 is 15.3 Å². The molecule has 2 amide bonds. The third-order valence-corrected chi connectivity index (χ3v) is 4.05. The second-order valence-corrected chi connectivity index (χ2v) is 5.69. The molecule has 0 aromatic rings. The molecule has 5 nitrogen and oxygen atoms in total. The van der Waals surface area contributed by atoms with E-state index in [0.29, 0.717) is 18.8 Å². The van der Waals surface area contributed by atoms with E-state index in [1.54, 1.807) is 0 Å². The summed E-state index contributed by atoms with van der Waals surface area (Å²) in [7, 11) is 0. The number of piperidine rings is 1. The Morgan fingerprint density at radius 3 is 2.67 bits per heavy atom. The maximum atomic E-state index is 12.0. The van der Waals surface area contributed by atoms with Gasteiger partial charge in [-0.05, 0) is 38.0 Å². The first-order chi connectivity index (χ1) is 8.56. The molecule has 0 aromatic carbocycles. The second kappa shape index (κ2) is 5.59. The van der Waals surface area contributed by atoms with Gasteiger partial charge in [0.05, 0.1) is 5.92 Å². The predicted molar refractivity (Wildman–Crippen MR) is 67.3 cm³/mol. The molecular weight excluding hydrogens is 232 g/mol. The Bertz CT molecular complexity index is 332. The van der Waals surface area contributed by atoms with Crippen molar-refractivity contribution in [2.75, 3.05) is 13.1 Å². The van der Waals surface area contributed by atoms with Crippen molar-refractivity contribution >= 4 is 12.0 Å². The van der Waals surface area contributed by atoms with Crippen LogP contribution in [0.15, 0.2) is 0 Å². The van der Waals surface area contributed by atoms with Gasteiger partial charge in [-0.2, -0.15) is 0 Å². The third kappa shape index (κ3) is 3.15. The number of nitrogens with zero attached hydrogens (tertiary/aromatic N) is 1. The Hall–Kier alpha value is -1.26. The summed E-state index contributed by atoms with van der Waals surface area (Å²) in [6, 6.07) is 0.0217. The molecule has 18 heavy (non-hydrogen) atoms. The molecule has 0 bridgehead atoms. The fraction of sp³-hybridized carbons (Fsp3) is 0.846. The molecule has 1 aliphatic heterocycles. The largest absolute Gasteiger partial charge is 0.481 e. The van der Waals surface area contributed by atoms with Crippen LogP contribution in [0.2, 0.25) is 0 Å². The standard InChI is InChI=1S/C13H22N2O3/c1-9-3-2-6-15(8-9)13(18)14-11-5-4-10(7-11)12(16)17/h9-11H,2-8H2,1H3,(H,14,18)(H,16,17)/t9?,10-,11+/m1/s1. The van der Waals surface area contributed by atoms with Gasteiger partial charge in [-0.1, -0.05) is 6.92 Å². The van der Waals surface area contributed by atoms with E-state index in [4.69, 9.17) is 5.11 Å². The maximum absolute atomic E-state index is 12.0. The molecule has 0 aromatic heterocycles. The summed E-state index contributed by atoms with van der Waals surface area (Å²) in [5.74, 6) is -0.450. The van der Waals surface area contributed by atoms with E-state index < -0.39 is 5.97 Å². The quantitative estimate of drug-likeness (QED) is 0.787. The van der Waals surface area contributed by atoms with Gasteiger partial charge in [0.1, 0.15) is 0 Å². The van der Waals surface area contributed by atoms with Crippen LogP contribution in [0.25, 0.3) is 0 Å². The Balaban J connectivity index is 1.79. The van der Waals surface area contributed by atoms with Crippen molar-refractivity contribution in [2.45, 2.75) is 45.1 Å². The average Bonchev–Trinajstić information content (AvgIpc) is 2.77. The fourth-order valence-corrected chi connectivity index (χ4v) is 2.98. The zero-order valence-electron chi connectivity index (χ0n) is 10.9. The Morgan fingerprint density at radius 1 is 1.28 bits per heavy atom. The molecule has 2 N–H and O–H groups in total. The molecule has 2 fully saturated rings. The van der Waals surface area contributed by atoms with Crippen LogP contribution in [0, 0.1) is 11.8 Å². The summed E-state index contributed by atoms with van der Waals surface area (Å²) in [6.07, 6.45) is 4.29. The normalized spacial score (nSPS) is 32.3. The molecule has 1 saturated heterocycles. The van der Waals surface area contributed by atoms with Crippen molar-refractivity contribution in [3.8, 4) is 0 Å². The first-order valence-electron chi connectivity index (χ1n) is 6.84. The van der Waals surface area contributed by atoms with Gasteiger partial charge in [-0.3, -0.25) is 4.79 Å². The number of carboxylic acids is 1. The van der Waals surface area contributed by atoms with Gasteiger partial charge in [-0.15, -0.1) is 0 Å². The molecule has 1 saturated carbocycles. The molecule has 1 aliphatic carbocycles. The number of likely N-dealkylation sites (tertiary alicyclic amines) is 1. The summed E-state index contributed by atoms with van der Waals surface area (Å²) in [4.78, 5) is 24.8. The van der Waals surface area contributed by atoms with E-state index in [2.05, 4.69) is 12.2 Å². The number of carbonyl (C=O) groups is 2. The lowest BCUT2D eigenvalue weighted by molar-refractivity contribution is -0.141. The summed E-state index contributed by atoms with van der Waals surface area (Å²) in [5, 5.41) is 11.9. The van der Waals surface area contributed by atoms with Crippen LogP contribution < -0.4 is 5.32 Å². The molecule has 0 radical (unpaired) electrons. The number of carboxylic acid groups (broad SMARTS) is 1. The topological polar surface area (TPSA) is 69.6 Å². The van der Waals surface area contributed by atoms with Gasteiger partial charge in [0, 0.05) is 19.1 Å². The number of urea groups is 1. The summed E-state index contributed by atoms with van der Waals surface area (Å²) in [6.45, 7) is 3.81. The van der Waals surface area contributed by atoms with Crippen LogP contribution in [-0.4, -0.2) is 41.1 Å². The van der Waals surface area contributed by atoms with E-state index in [-0.39, 0.29) is 18.0 Å². The van der Waals surface area contributed by atoms with Gasteiger partial charge in [0.25, 0.3) is 0 Å². The zero-order chi connectivity index (χ0) is 13.1. The molecule has 0 spiro atoms. The van der Waals surface area contributed by atoms with Crippen molar-refractivity contribution in [3.05, 3.63) is 0 Å². The highest BCUT2D eigenvalue weighted by Crippen LogP contribution is 2.26. The lowest BCUT2D eigenvalue weighted by Crippen LogP contribution is -2.47. The summed E-state index contributed by atoms with van der Waals surface area (Å²) in [5.41, 5.74) is 0. The molecule has 102 valence electrons. The van der Waals surface area contributed by atoms with Crippen molar-refractivity contribution < 1.29 is 14.7 Å². The minimum Gasteiger partial charge on any atom is -0.481 e. The van der Waals surface area contributed by atoms with Gasteiger partial charge >= 0.3 is 12.0 Å². The van der Waals surface area contributed by atoms with Crippen LogP contribution in [0.1, 0.15) is 39.0 Å². The van der Waals surface area contributed by atoms with Crippen molar-refractivity contribution in [2.24, 2.45) is 11.8 Å². The number of amides is 2. The van der Waals surface area contributed by atoms with E-state index in [1.165, 1.54) is 6.42 Å². The highest BCUT2D eigenvalue weighted by atomic mass is 16.4. The minimum atomic E-state index is -0.738. The van der Waals surface area contributed by atoms with Crippen LogP contribution in [0.5, 0.6) is 0 Å². The third-order valence-electron chi connectivity index (χ3n) is 4.05. The van der Waals surface area contributed by atoms with Crippen LogP contribution >= 0.6 is 0 Å². The predicted octanol–water partition coefficient (Wildman–Crippen LogP) is 1.68. The monoisotopic (exact) mass is 254 g/mol. The summed E-state index contributed by atoms with van der Waals surface area (Å²) >= 11 is 0. The number of nitrogens with one attached hydrogen (secondary N) is 1. The SMILES string of the molecule is CC1CCCN(C(=O)N[C@H]2CC[C@@H](C(=O)O)C2)C1. The fourth-order valence-electron chi connectivity index (χ4n) is 2.98. The Kier molecular flexibility index (Phi) is 4.09. The van der Waals surface area contributed by atoms with Crippen LogP contribution in [-0.2, 0) is 4.79 Å². The van der Waals surface area contributed by atoms with E-state index in [0.717, 1.165) is 25.9 Å². The zero-order valence-corrected chi connectivity index (χ0v) is 10.9. The van der Waals surface area contributed by atoms with E-state index in [9.17, 15) is 9.59 Å². The number of aliphatic carboxylic acids is 1. The summed E-state index contributed by atoms with van der Waals surface area (Å²) < 4.78 is 0. The van der Waals surface area contributed by atoms with Crippen molar-refractivity contribution in [3.63, 3.8) is 0 Å². The van der Waals surface area contributed by atoms with Crippen LogP contribution in [0.4, 0.5) is 4.79 Å². The second-order valence-electron chi connectivity index (χ2n) is 5.69. The van der Waals surface area contributed by atoms with Gasteiger partial charge in [0.15, 0.2) is 0 Å². The first-order valence-corrected chi connectivity index (χ1v) is 6.84. The Morgan fingerprint density at radius 2 is 2.06 bits per heavy atom. The van der Waals surface area contributed by atoms with Gasteiger partial charge in [-0.25, -0.2) is 4.79 Å². The van der Waals surface area contributed by atoms with E-state index >= 15 is 0 Å². The maximum Gasteiger partial charge on any atom is 0.317 e. The highest BCUT2D eigenvalue weighted by Gasteiger charge is 2.31. The van der Waals surface area contributed by atoms with Crippen molar-refractivity contribution in [1.29, 1.82) is 0 Å². The number of carbonyl (C=O) groups excluding carboxylic acids is 1. The lowest BCUT2D eigenvalue weighted by atomic mass is 10.0. The molecular formula is C13H22N2O3. The van der Waals surface area contributed by atoms with Gasteiger partial charge in [0.2, 0.25) is 0 Å². The molecule has 1 heterocycles. The van der Waals surface area contributed by atoms with E-state index in [1.807, 2.05) is 4.90 Å². The van der Waals surface area contributed by atoms with Crippen molar-refractivity contribution in [1.82, 2.24) is 10.2 Å². The minimum absolute atomic E-state index is 0.0161. The molecule has 3 atom stereocenters. The lowest BCUT2D eigenvalue weighted by Gasteiger charge is -2.32.